The summed E-state index contributed by atoms with van der Waals surface area (Å²) in [5, 5.41) is 9.56. The molecule has 0 fully saturated rings. The van der Waals surface area contributed by atoms with Crippen molar-refractivity contribution in [3.05, 3.63) is 77.3 Å². The molecule has 3 rings (SSSR count). The smallest absolute Gasteiger partial charge is 0.266 e. The van der Waals surface area contributed by atoms with Crippen molar-refractivity contribution >= 4 is 23.4 Å². The summed E-state index contributed by atoms with van der Waals surface area (Å²) in [5.74, 6) is 0.808. The fraction of sp³-hybridized carbons (Fsp3) is 0.360. The molecular weight excluding hydrogens is 442 g/mol. The Bertz CT molecular complexity index is 980. The van der Waals surface area contributed by atoms with Crippen molar-refractivity contribution in [1.29, 1.82) is 0 Å². The van der Waals surface area contributed by atoms with Gasteiger partial charge in [-0.2, -0.15) is 0 Å². The number of carbonyl (C=O) groups is 1. The highest BCUT2D eigenvalue weighted by molar-refractivity contribution is 6.31. The van der Waals surface area contributed by atoms with Gasteiger partial charge in [0.2, 0.25) is 5.90 Å². The van der Waals surface area contributed by atoms with E-state index in [0.717, 1.165) is 11.1 Å². The molecule has 0 bridgehead atoms. The third-order valence-corrected chi connectivity index (χ3v) is 5.83. The van der Waals surface area contributed by atoms with Crippen LogP contribution in [0, 0.1) is 0 Å². The summed E-state index contributed by atoms with van der Waals surface area (Å²) in [6.07, 6.45) is 2.77. The second kappa shape index (κ2) is 11.8. The predicted molar refractivity (Wildman–Crippen MR) is 130 cm³/mol. The first-order chi connectivity index (χ1) is 16.0. The molecule has 2 aromatic carbocycles. The molecule has 2 atom stereocenters. The highest BCUT2D eigenvalue weighted by atomic mass is 35.5. The van der Waals surface area contributed by atoms with Crippen LogP contribution in [0.4, 0.5) is 0 Å². The molecule has 0 aromatic heterocycles. The van der Waals surface area contributed by atoms with Crippen LogP contribution in [0.1, 0.15) is 30.9 Å². The molecule has 1 amide bonds. The van der Waals surface area contributed by atoms with Gasteiger partial charge in [0.05, 0.1) is 6.61 Å². The van der Waals surface area contributed by atoms with Crippen LogP contribution in [-0.2, 0) is 16.0 Å². The quantitative estimate of drug-likeness (QED) is 0.250. The fourth-order valence-electron chi connectivity index (χ4n) is 3.55. The van der Waals surface area contributed by atoms with Gasteiger partial charge in [0, 0.05) is 36.6 Å². The minimum absolute atomic E-state index is 0.0862. The Morgan fingerprint density at radius 1 is 1.30 bits per heavy atom. The van der Waals surface area contributed by atoms with Crippen molar-refractivity contribution in [3.63, 3.8) is 0 Å². The Balaban J connectivity index is 1.65. The van der Waals surface area contributed by atoms with Gasteiger partial charge >= 0.3 is 0 Å². The lowest BCUT2D eigenvalue weighted by Gasteiger charge is -2.26. The number of halogens is 1. The van der Waals surface area contributed by atoms with Gasteiger partial charge in [-0.1, -0.05) is 35.9 Å². The summed E-state index contributed by atoms with van der Waals surface area (Å²) in [6, 6.07) is 14.9. The maximum absolute atomic E-state index is 13.1. The number of hydrogen-bond donors (Lipinski definition) is 3. The zero-order chi connectivity index (χ0) is 23.7. The first-order valence-electron chi connectivity index (χ1n) is 11.0. The van der Waals surface area contributed by atoms with E-state index in [1.807, 2.05) is 55.5 Å². The lowest BCUT2D eigenvalue weighted by Crippen LogP contribution is -2.54. The van der Waals surface area contributed by atoms with Crippen molar-refractivity contribution in [2.24, 2.45) is 4.99 Å². The third kappa shape index (κ3) is 6.13. The van der Waals surface area contributed by atoms with Crippen LogP contribution < -0.4 is 15.6 Å². The minimum atomic E-state index is -1.12. The molecule has 0 aliphatic carbocycles. The van der Waals surface area contributed by atoms with Crippen LogP contribution in [0.5, 0.6) is 5.75 Å². The number of aliphatic hydroxyl groups is 1. The third-order valence-electron chi connectivity index (χ3n) is 5.46. The molecule has 0 radical (unpaired) electrons. The molecule has 2 aromatic rings. The van der Waals surface area contributed by atoms with Gasteiger partial charge in [0.1, 0.15) is 11.9 Å². The fourth-order valence-corrected chi connectivity index (χ4v) is 3.78. The van der Waals surface area contributed by atoms with E-state index in [9.17, 15) is 4.79 Å². The number of ether oxygens (including phenoxy) is 2. The van der Waals surface area contributed by atoms with Gasteiger partial charge in [-0.05, 0) is 49.2 Å². The van der Waals surface area contributed by atoms with Crippen LogP contribution in [0.25, 0.3) is 0 Å². The molecule has 1 heterocycles. The Kier molecular flexibility index (Phi) is 8.88. The molecule has 3 N–H and O–H groups in total. The van der Waals surface area contributed by atoms with E-state index in [1.54, 1.807) is 6.08 Å². The van der Waals surface area contributed by atoms with E-state index in [4.69, 9.17) is 31.2 Å². The summed E-state index contributed by atoms with van der Waals surface area (Å²) in [4.78, 5) is 17.8. The van der Waals surface area contributed by atoms with E-state index in [0.29, 0.717) is 49.1 Å². The zero-order valence-corrected chi connectivity index (χ0v) is 19.5. The second-order valence-corrected chi connectivity index (χ2v) is 8.17. The first kappa shape index (κ1) is 24.8. The Morgan fingerprint density at radius 2 is 2.06 bits per heavy atom. The lowest BCUT2D eigenvalue weighted by molar-refractivity contribution is -0.129. The minimum Gasteiger partial charge on any atom is -0.494 e. The zero-order valence-electron chi connectivity index (χ0n) is 18.7. The molecule has 7 nitrogen and oxygen atoms in total. The molecule has 0 spiro atoms. The van der Waals surface area contributed by atoms with Crippen molar-refractivity contribution in [1.82, 2.24) is 10.9 Å². The molecule has 176 valence electrons. The summed E-state index contributed by atoms with van der Waals surface area (Å²) in [5.41, 5.74) is 6.38. The molecule has 1 aliphatic rings. The number of amides is 1. The number of benzene rings is 2. The van der Waals surface area contributed by atoms with Crippen molar-refractivity contribution in [2.75, 3.05) is 19.8 Å². The topological polar surface area (TPSA) is 92.2 Å². The van der Waals surface area contributed by atoms with E-state index in [1.165, 1.54) is 0 Å². The standard InChI is InChI=1S/C25H30ClN3O4/c1-3-14-25(24(31)29-27-15-13-19-7-4-5-8-22(19)26)18(2)33-23(28-25)20-9-11-21(12-10-20)32-17-6-16-30/h3-5,7-12,18,27,30H,1,6,13-17H2,2H3,(H,29,31)/t18-,25-/m0/s1. The van der Waals surface area contributed by atoms with E-state index in [-0.39, 0.29) is 12.5 Å². The first-order valence-corrected chi connectivity index (χ1v) is 11.4. The van der Waals surface area contributed by atoms with Gasteiger partial charge in [0.15, 0.2) is 5.54 Å². The molecule has 33 heavy (non-hydrogen) atoms. The summed E-state index contributed by atoms with van der Waals surface area (Å²) in [6.45, 7) is 6.68. The number of aliphatic imine (C=N–C) groups is 1. The Hall–Kier alpha value is -2.87. The molecular formula is C25H30ClN3O4. The maximum Gasteiger partial charge on any atom is 0.266 e. The second-order valence-electron chi connectivity index (χ2n) is 7.77. The van der Waals surface area contributed by atoms with E-state index >= 15 is 0 Å². The average molecular weight is 472 g/mol. The van der Waals surface area contributed by atoms with Gasteiger partial charge in [-0.25, -0.2) is 10.4 Å². The number of carbonyl (C=O) groups excluding carboxylic acids is 1. The molecule has 8 heteroatoms. The van der Waals surface area contributed by atoms with Gasteiger partial charge in [-0.15, -0.1) is 6.58 Å². The van der Waals surface area contributed by atoms with Crippen LogP contribution in [0.15, 0.2) is 66.2 Å². The van der Waals surface area contributed by atoms with Crippen LogP contribution in [0.3, 0.4) is 0 Å². The molecule has 0 saturated heterocycles. The average Bonchev–Trinajstić information content (AvgIpc) is 3.15. The Labute approximate surface area is 199 Å². The van der Waals surface area contributed by atoms with Gasteiger partial charge in [0.25, 0.3) is 5.91 Å². The molecule has 0 saturated carbocycles. The maximum atomic E-state index is 13.1. The van der Waals surface area contributed by atoms with Crippen molar-refractivity contribution in [2.45, 2.75) is 37.8 Å². The van der Waals surface area contributed by atoms with Crippen molar-refractivity contribution < 1.29 is 19.4 Å². The lowest BCUT2D eigenvalue weighted by atomic mass is 9.90. The van der Waals surface area contributed by atoms with Crippen LogP contribution >= 0.6 is 11.6 Å². The number of rotatable bonds is 12. The number of hydrogen-bond acceptors (Lipinski definition) is 6. The number of nitrogens with zero attached hydrogens (tertiary/aromatic N) is 1. The number of hydrazine groups is 1. The van der Waals surface area contributed by atoms with Gasteiger partial charge in [-0.3, -0.25) is 10.2 Å². The normalized spacial score (nSPS) is 19.5. The monoisotopic (exact) mass is 471 g/mol. The van der Waals surface area contributed by atoms with Crippen LogP contribution in [-0.4, -0.2) is 48.3 Å². The van der Waals surface area contributed by atoms with Crippen molar-refractivity contribution in [3.8, 4) is 5.75 Å². The highest BCUT2D eigenvalue weighted by Crippen LogP contribution is 2.32. The predicted octanol–water partition coefficient (Wildman–Crippen LogP) is 3.44. The van der Waals surface area contributed by atoms with E-state index < -0.39 is 11.6 Å². The molecule has 1 aliphatic heterocycles. The molecule has 0 unspecified atom stereocenters. The largest absolute Gasteiger partial charge is 0.494 e. The summed E-state index contributed by atoms with van der Waals surface area (Å²) in [7, 11) is 0. The SMILES string of the molecule is C=CC[C@]1(C(=O)NNCCc2ccccc2Cl)N=C(c2ccc(OCCCO)cc2)O[C@H]1C. The van der Waals surface area contributed by atoms with Gasteiger partial charge < -0.3 is 14.6 Å². The summed E-state index contributed by atoms with van der Waals surface area (Å²) >= 11 is 6.19. The number of aliphatic hydroxyl groups excluding tert-OH is 1. The Morgan fingerprint density at radius 3 is 2.76 bits per heavy atom. The highest BCUT2D eigenvalue weighted by Gasteiger charge is 2.49. The van der Waals surface area contributed by atoms with E-state index in [2.05, 4.69) is 17.4 Å². The van der Waals surface area contributed by atoms with Crippen LogP contribution in [0.2, 0.25) is 5.02 Å². The number of nitrogens with one attached hydrogen (secondary N) is 2. The summed E-state index contributed by atoms with van der Waals surface area (Å²) < 4.78 is 11.6.